The van der Waals surface area contributed by atoms with Crippen LogP contribution in [0.2, 0.25) is 0 Å². The number of azo groups is 1. The van der Waals surface area contributed by atoms with Crippen LogP contribution in [0, 0.1) is 12.7 Å². The van der Waals surface area contributed by atoms with Crippen LogP contribution in [-0.2, 0) is 20.0 Å². The highest BCUT2D eigenvalue weighted by atomic mass is 79.9. The van der Waals surface area contributed by atoms with Crippen LogP contribution in [0.5, 0.6) is 0 Å². The first-order valence-electron chi connectivity index (χ1n) is 7.06. The Morgan fingerprint density at radius 3 is 2.42 bits per heavy atom. The van der Waals surface area contributed by atoms with E-state index in [1.54, 1.807) is 0 Å². The zero-order valence-electron chi connectivity index (χ0n) is 13.8. The second-order valence-corrected chi connectivity index (χ2v) is 10.8. The van der Waals surface area contributed by atoms with Gasteiger partial charge in [0.05, 0.1) is 5.52 Å². The Morgan fingerprint density at radius 1 is 1.23 bits per heavy atom. The predicted octanol–water partition coefficient (Wildman–Crippen LogP) is 2.03. The van der Waals surface area contributed by atoms with Gasteiger partial charge in [0.2, 0.25) is 0 Å². The zero-order valence-corrected chi connectivity index (χ0v) is 17.0. The number of halogens is 2. The molecule has 0 saturated carbocycles. The van der Waals surface area contributed by atoms with Crippen molar-refractivity contribution in [1.29, 1.82) is 0 Å². The number of hydrogen-bond donors (Lipinski definition) is 0. The first-order chi connectivity index (χ1) is 12.0. The second kappa shape index (κ2) is 5.90. The van der Waals surface area contributed by atoms with E-state index in [2.05, 4.69) is 31.2 Å². The van der Waals surface area contributed by atoms with Crippen molar-refractivity contribution in [3.63, 3.8) is 0 Å². The van der Waals surface area contributed by atoms with Crippen molar-refractivity contribution in [1.82, 2.24) is 8.28 Å². The minimum Gasteiger partial charge on any atom is -0.236 e. The lowest BCUT2D eigenvalue weighted by atomic mass is 10.2. The van der Waals surface area contributed by atoms with Crippen LogP contribution in [0.1, 0.15) is 5.69 Å². The topological polar surface area (TPSA) is 114 Å². The molecule has 140 valence electrons. The Balaban J connectivity index is 2.45. The van der Waals surface area contributed by atoms with Gasteiger partial charge in [0.1, 0.15) is 12.2 Å². The molecule has 1 aromatic heterocycles. The number of hydrogen-bond acceptors (Lipinski definition) is 7. The van der Waals surface area contributed by atoms with Gasteiger partial charge in [-0.1, -0.05) is 0 Å². The Morgan fingerprint density at radius 2 is 1.88 bits per heavy atom. The molecule has 1 aliphatic heterocycles. The fraction of sp³-hybridized carbons (Fsp3) is 0.308. The Labute approximate surface area is 157 Å². The van der Waals surface area contributed by atoms with Crippen LogP contribution >= 0.6 is 15.9 Å². The second-order valence-electron chi connectivity index (χ2n) is 5.63. The SMILES string of the molecule is Cc1c(Br)c2ccc(F)cc2n1S(=O)(=O)C1(S(=O)(=O)N(C)C)N=CN=N1. The minimum atomic E-state index is -4.82. The van der Waals surface area contributed by atoms with Crippen molar-refractivity contribution in [2.45, 2.75) is 11.3 Å². The molecule has 1 unspecified atom stereocenters. The maximum Gasteiger partial charge on any atom is 0.407 e. The normalized spacial score (nSPS) is 20.5. The van der Waals surface area contributed by atoms with Gasteiger partial charge in [0.25, 0.3) is 10.0 Å². The van der Waals surface area contributed by atoms with E-state index in [9.17, 15) is 21.2 Å². The van der Waals surface area contributed by atoms with Gasteiger partial charge in [-0.3, -0.25) is 0 Å². The molecule has 3 rings (SSSR count). The minimum absolute atomic E-state index is 0.0417. The first kappa shape index (κ1) is 19.1. The summed E-state index contributed by atoms with van der Waals surface area (Å²) in [5, 5.41) is 7.20. The van der Waals surface area contributed by atoms with Crippen molar-refractivity contribution in [2.24, 2.45) is 15.2 Å². The van der Waals surface area contributed by atoms with Crippen LogP contribution in [0.25, 0.3) is 10.9 Å². The average molecular weight is 466 g/mol. The quantitative estimate of drug-likeness (QED) is 0.686. The van der Waals surface area contributed by atoms with Crippen LogP contribution in [0.3, 0.4) is 0 Å². The molecule has 13 heteroatoms. The Kier molecular flexibility index (Phi) is 4.33. The third-order valence-corrected chi connectivity index (χ3v) is 9.78. The molecule has 2 heterocycles. The van der Waals surface area contributed by atoms with Gasteiger partial charge in [-0.25, -0.2) is 26.1 Å². The number of fused-ring (bicyclic) bond motifs is 1. The lowest BCUT2D eigenvalue weighted by molar-refractivity contribution is 0.488. The van der Waals surface area contributed by atoms with Crippen molar-refractivity contribution in [2.75, 3.05) is 14.1 Å². The number of nitrogens with zero attached hydrogens (tertiary/aromatic N) is 5. The molecular formula is C13H13BrFN5O4S2. The molecule has 26 heavy (non-hydrogen) atoms. The fourth-order valence-corrected chi connectivity index (χ4v) is 7.18. The largest absolute Gasteiger partial charge is 0.407 e. The number of aliphatic imine (C=N–C) groups is 1. The molecule has 0 radical (unpaired) electrons. The first-order valence-corrected chi connectivity index (χ1v) is 10.7. The molecule has 9 nitrogen and oxygen atoms in total. The summed E-state index contributed by atoms with van der Waals surface area (Å²) in [4.78, 5) is 3.58. The van der Waals surface area contributed by atoms with Gasteiger partial charge in [0.15, 0.2) is 0 Å². The molecule has 0 N–H and O–H groups in total. The van der Waals surface area contributed by atoms with Crippen molar-refractivity contribution < 1.29 is 21.2 Å². The molecule has 1 atom stereocenters. The summed E-state index contributed by atoms with van der Waals surface area (Å²) in [5.41, 5.74) is 0.108. The molecule has 2 aromatic rings. The summed E-state index contributed by atoms with van der Waals surface area (Å²) in [6.45, 7) is 1.45. The van der Waals surface area contributed by atoms with E-state index in [-0.39, 0.29) is 11.2 Å². The summed E-state index contributed by atoms with van der Waals surface area (Å²) in [5.74, 6) is -0.681. The molecule has 1 aliphatic rings. The Bertz CT molecular complexity index is 1170. The van der Waals surface area contributed by atoms with Gasteiger partial charge >= 0.3 is 14.4 Å². The number of sulfonamides is 1. The predicted molar refractivity (Wildman–Crippen MR) is 97.3 cm³/mol. The van der Waals surface area contributed by atoms with Gasteiger partial charge in [-0.2, -0.15) is 8.42 Å². The standard InChI is InChI=1S/C13H13BrFN5O4S2/c1-8-12(14)10-5-4-9(15)6-11(10)20(8)26(23,24)13(16-7-17-18-13)25(21,22)19(2)3/h4-7H,1-3H3. The highest BCUT2D eigenvalue weighted by Crippen LogP contribution is 2.40. The van der Waals surface area contributed by atoms with Crippen LogP contribution < -0.4 is 0 Å². The molecule has 0 amide bonds. The average Bonchev–Trinajstić information content (AvgIpc) is 3.13. The van der Waals surface area contributed by atoms with E-state index in [1.807, 2.05) is 0 Å². The third kappa shape index (κ3) is 2.30. The van der Waals surface area contributed by atoms with Gasteiger partial charge in [-0.15, -0.1) is 10.2 Å². The molecule has 0 aliphatic carbocycles. The Hall–Kier alpha value is -1.70. The van der Waals surface area contributed by atoms with E-state index in [1.165, 1.54) is 19.1 Å². The number of aromatic nitrogens is 1. The maximum atomic E-state index is 13.8. The summed E-state index contributed by atoms with van der Waals surface area (Å²) in [7, 11) is -7.08. The zero-order chi connectivity index (χ0) is 19.5. The van der Waals surface area contributed by atoms with E-state index in [0.29, 0.717) is 14.2 Å². The van der Waals surface area contributed by atoms with Crippen molar-refractivity contribution in [3.05, 3.63) is 34.2 Å². The summed E-state index contributed by atoms with van der Waals surface area (Å²) in [6, 6.07) is 3.56. The summed E-state index contributed by atoms with van der Waals surface area (Å²) in [6.07, 6.45) is 0.759. The van der Waals surface area contributed by atoms with Crippen LogP contribution in [0.4, 0.5) is 4.39 Å². The maximum absolute atomic E-state index is 13.8. The molecule has 0 bridgehead atoms. The van der Waals surface area contributed by atoms with Crippen molar-refractivity contribution in [3.8, 4) is 0 Å². The number of rotatable bonds is 4. The van der Waals surface area contributed by atoms with E-state index in [0.717, 1.165) is 30.5 Å². The van der Waals surface area contributed by atoms with Gasteiger partial charge in [-0.05, 0) is 41.1 Å². The van der Waals surface area contributed by atoms with E-state index < -0.39 is 30.2 Å². The lowest BCUT2D eigenvalue weighted by Crippen LogP contribution is -2.50. The van der Waals surface area contributed by atoms with Crippen LogP contribution in [-0.4, -0.2) is 49.9 Å². The van der Waals surface area contributed by atoms with Crippen LogP contribution in [0.15, 0.2) is 37.9 Å². The highest BCUT2D eigenvalue weighted by Gasteiger charge is 2.61. The van der Waals surface area contributed by atoms with Gasteiger partial charge in [0, 0.05) is 29.6 Å². The molecule has 1 aromatic carbocycles. The molecule has 0 fully saturated rings. The summed E-state index contributed by atoms with van der Waals surface area (Å²) < 4.78 is 65.0. The smallest absolute Gasteiger partial charge is 0.236 e. The summed E-state index contributed by atoms with van der Waals surface area (Å²) >= 11 is 3.26. The lowest BCUT2D eigenvalue weighted by Gasteiger charge is -2.26. The van der Waals surface area contributed by atoms with E-state index >= 15 is 0 Å². The monoisotopic (exact) mass is 465 g/mol. The van der Waals surface area contributed by atoms with Crippen molar-refractivity contribution >= 4 is 53.2 Å². The third-order valence-electron chi connectivity index (χ3n) is 3.89. The van der Waals surface area contributed by atoms with Gasteiger partial charge < -0.3 is 0 Å². The fourth-order valence-electron chi connectivity index (χ4n) is 2.58. The highest BCUT2D eigenvalue weighted by molar-refractivity contribution is 9.10. The molecular weight excluding hydrogens is 453 g/mol. The molecule has 0 saturated heterocycles. The number of benzene rings is 1. The molecule has 0 spiro atoms. The van der Waals surface area contributed by atoms with E-state index in [4.69, 9.17) is 0 Å².